The summed E-state index contributed by atoms with van der Waals surface area (Å²) in [5.41, 5.74) is -7.74. The van der Waals surface area contributed by atoms with E-state index in [-0.39, 0.29) is 0 Å². The molecule has 0 radical (unpaired) electrons. The van der Waals surface area contributed by atoms with Crippen molar-refractivity contribution in [1.29, 1.82) is 0 Å². The van der Waals surface area contributed by atoms with E-state index in [2.05, 4.69) is 0 Å². The number of hydrogen-bond donors (Lipinski definition) is 0. The fraction of sp³-hybridized carbons (Fsp3) is 1.00. The van der Waals surface area contributed by atoms with E-state index in [1.54, 1.807) is 0 Å². The van der Waals surface area contributed by atoms with Crippen molar-refractivity contribution in [2.24, 2.45) is 0 Å². The molecule has 1 atom stereocenters. The molecule has 0 nitrogen and oxygen atoms in total. The minimum Gasteiger partial charge on any atom is -0.220 e. The Labute approximate surface area is 120 Å². The van der Waals surface area contributed by atoms with Crippen LogP contribution in [-0.4, -0.2) is 48.4 Å². The Kier molecular flexibility index (Phi) is 5.44. The summed E-state index contributed by atoms with van der Waals surface area (Å²) in [6, 6.07) is 0. The third-order valence-electron chi connectivity index (χ3n) is 2.65. The Hall–Kier alpha value is -1.12. The van der Waals surface area contributed by atoms with E-state index in [0.29, 0.717) is 0 Å². The highest BCUT2D eigenvalue weighted by Gasteiger charge is 2.92. The van der Waals surface area contributed by atoms with Gasteiger partial charge in [0, 0.05) is 0 Å². The smallest absolute Gasteiger partial charge is 0.220 e. The summed E-state index contributed by atoms with van der Waals surface area (Å²) in [5, 5.41) is 0. The first-order valence-electron chi connectivity index (χ1n) is 4.97. The second kappa shape index (κ2) is 5.71. The summed E-state index contributed by atoms with van der Waals surface area (Å²) in [6.45, 7) is 0. The normalized spacial score (nSPS) is 18.2. The molecule has 0 amide bonds. The first-order chi connectivity index (χ1) is 10.1. The molecule has 146 valence electrons. The largest absolute Gasteiger partial charge is 0.434 e. The van der Waals surface area contributed by atoms with Gasteiger partial charge in [0.2, 0.25) is 0 Å². The molecule has 16 heteroatoms. The summed E-state index contributed by atoms with van der Waals surface area (Å²) < 4.78 is 198. The lowest BCUT2D eigenvalue weighted by Crippen LogP contribution is -2.74. The second-order valence-electron chi connectivity index (χ2n) is 4.16. The van der Waals surface area contributed by atoms with Crippen molar-refractivity contribution in [3.05, 3.63) is 0 Å². The Morgan fingerprint density at radius 2 is 0.750 bits per heavy atom. The molecule has 0 aliphatic rings. The quantitative estimate of drug-likeness (QED) is 0.528. The van der Waals surface area contributed by atoms with Gasteiger partial charge < -0.3 is 0 Å². The van der Waals surface area contributed by atoms with Gasteiger partial charge in [0.25, 0.3) is 6.43 Å². The lowest BCUT2D eigenvalue weighted by molar-refractivity contribution is -0.435. The predicted molar refractivity (Wildman–Crippen MR) is 41.7 cm³/mol. The average molecular weight is 402 g/mol. The molecule has 0 rings (SSSR count). The minimum absolute atomic E-state index is 5.83. The van der Waals surface area contributed by atoms with Crippen molar-refractivity contribution in [2.45, 2.75) is 48.4 Å². The van der Waals surface area contributed by atoms with Crippen molar-refractivity contribution >= 4 is 0 Å². The van der Waals surface area contributed by atoms with Crippen LogP contribution >= 0.6 is 0 Å². The summed E-state index contributed by atoms with van der Waals surface area (Å²) >= 11 is 0. The van der Waals surface area contributed by atoms with Gasteiger partial charge in [0.05, 0.1) is 0 Å². The SMILES string of the molecule is FC(F)C(F)(F)C(F)(F)C(F)(F)C(F)(F)C(F)(C(F)F)C(F)(F)F. The fourth-order valence-electron chi connectivity index (χ4n) is 1.21. The maximum atomic E-state index is 12.9. The molecule has 24 heavy (non-hydrogen) atoms. The van der Waals surface area contributed by atoms with E-state index in [1.807, 2.05) is 0 Å². The van der Waals surface area contributed by atoms with E-state index in [9.17, 15) is 70.2 Å². The third-order valence-corrected chi connectivity index (χ3v) is 2.65. The van der Waals surface area contributed by atoms with E-state index < -0.39 is 48.4 Å². The molecule has 0 aromatic carbocycles. The lowest BCUT2D eigenvalue weighted by atomic mass is 9.86. The zero-order chi connectivity index (χ0) is 20.2. The third kappa shape index (κ3) is 2.64. The highest BCUT2D eigenvalue weighted by Crippen LogP contribution is 2.61. The van der Waals surface area contributed by atoms with Crippen LogP contribution in [0.1, 0.15) is 0 Å². The van der Waals surface area contributed by atoms with Gasteiger partial charge in [0.15, 0.2) is 0 Å². The first kappa shape index (κ1) is 22.9. The topological polar surface area (TPSA) is 0 Å². The van der Waals surface area contributed by atoms with E-state index in [1.165, 1.54) is 0 Å². The zero-order valence-corrected chi connectivity index (χ0v) is 10.2. The molecular weight excluding hydrogens is 400 g/mol. The summed E-state index contributed by atoms with van der Waals surface area (Å²) in [4.78, 5) is 0. The van der Waals surface area contributed by atoms with Crippen molar-refractivity contribution in [3.63, 3.8) is 0 Å². The summed E-state index contributed by atoms with van der Waals surface area (Å²) in [7, 11) is 0. The Morgan fingerprint density at radius 3 is 0.958 bits per heavy atom. The Balaban J connectivity index is 6.55. The summed E-state index contributed by atoms with van der Waals surface area (Å²) in [6.07, 6.45) is -19.7. The molecule has 0 bridgehead atoms. The van der Waals surface area contributed by atoms with Gasteiger partial charge in [-0.05, 0) is 0 Å². The van der Waals surface area contributed by atoms with Gasteiger partial charge >= 0.3 is 42.0 Å². The molecule has 1 unspecified atom stereocenters. The van der Waals surface area contributed by atoms with Crippen molar-refractivity contribution in [2.75, 3.05) is 0 Å². The molecule has 0 aliphatic carbocycles. The Morgan fingerprint density at radius 1 is 0.417 bits per heavy atom. The Bertz CT molecular complexity index is 445. The van der Waals surface area contributed by atoms with Crippen LogP contribution in [0.5, 0.6) is 0 Å². The summed E-state index contributed by atoms with van der Waals surface area (Å²) in [5.74, 6) is -32.0. The maximum Gasteiger partial charge on any atom is 0.434 e. The van der Waals surface area contributed by atoms with Crippen molar-refractivity contribution in [1.82, 2.24) is 0 Å². The van der Waals surface area contributed by atoms with Crippen molar-refractivity contribution < 1.29 is 70.2 Å². The van der Waals surface area contributed by atoms with E-state index in [4.69, 9.17) is 0 Å². The molecule has 0 heterocycles. The van der Waals surface area contributed by atoms with Gasteiger partial charge in [-0.25, -0.2) is 22.0 Å². The molecule has 0 saturated carbocycles. The van der Waals surface area contributed by atoms with Crippen LogP contribution in [0.4, 0.5) is 70.2 Å². The van der Waals surface area contributed by atoms with Crippen molar-refractivity contribution in [3.8, 4) is 0 Å². The van der Waals surface area contributed by atoms with E-state index >= 15 is 0 Å². The van der Waals surface area contributed by atoms with Crippen LogP contribution in [0, 0.1) is 0 Å². The lowest BCUT2D eigenvalue weighted by Gasteiger charge is -2.42. The highest BCUT2D eigenvalue weighted by atomic mass is 19.4. The fourth-order valence-corrected chi connectivity index (χ4v) is 1.21. The van der Waals surface area contributed by atoms with Crippen LogP contribution in [0.3, 0.4) is 0 Å². The average Bonchev–Trinajstić information content (AvgIpc) is 2.34. The van der Waals surface area contributed by atoms with Crippen LogP contribution in [0.2, 0.25) is 0 Å². The zero-order valence-electron chi connectivity index (χ0n) is 10.2. The van der Waals surface area contributed by atoms with Gasteiger partial charge in [-0.2, -0.15) is 48.3 Å². The van der Waals surface area contributed by atoms with Crippen LogP contribution in [-0.2, 0) is 0 Å². The number of halogens is 16. The molecule has 0 fully saturated rings. The first-order valence-corrected chi connectivity index (χ1v) is 4.97. The monoisotopic (exact) mass is 402 g/mol. The highest BCUT2D eigenvalue weighted by molar-refractivity contribution is 5.15. The molecule has 0 aromatic rings. The van der Waals surface area contributed by atoms with Gasteiger partial charge in [-0.3, -0.25) is 0 Å². The van der Waals surface area contributed by atoms with Gasteiger partial charge in [0.1, 0.15) is 0 Å². The molecular formula is C8H2F16. The van der Waals surface area contributed by atoms with Crippen LogP contribution in [0.15, 0.2) is 0 Å². The number of alkyl halides is 16. The molecule has 0 saturated heterocycles. The molecule has 0 aliphatic heterocycles. The molecule has 0 spiro atoms. The van der Waals surface area contributed by atoms with Gasteiger partial charge in [-0.15, -0.1) is 0 Å². The van der Waals surface area contributed by atoms with Crippen LogP contribution in [0.25, 0.3) is 0 Å². The molecule has 0 N–H and O–H groups in total. The van der Waals surface area contributed by atoms with Gasteiger partial charge in [-0.1, -0.05) is 0 Å². The van der Waals surface area contributed by atoms with E-state index in [0.717, 1.165) is 0 Å². The number of hydrogen-bond acceptors (Lipinski definition) is 0. The predicted octanol–water partition coefficient (Wildman–Crippen LogP) is 5.33. The minimum atomic E-state index is -8.29. The number of rotatable bonds is 6. The maximum absolute atomic E-state index is 12.9. The second-order valence-corrected chi connectivity index (χ2v) is 4.16. The molecule has 0 aromatic heterocycles. The standard InChI is InChI=1S/C8H2F16/c9-1(10)3(13,8(22,23)24)5(16,17)7(20,21)6(18,19)4(14,15)2(11)12/h1-2H. The van der Waals surface area contributed by atoms with Crippen LogP contribution < -0.4 is 0 Å².